The van der Waals surface area contributed by atoms with Crippen molar-refractivity contribution in [2.24, 2.45) is 0 Å². The maximum Gasteiger partial charge on any atom is 0.294 e. The third kappa shape index (κ3) is 3.37. The van der Waals surface area contributed by atoms with Crippen LogP contribution in [0.15, 0.2) is 80.2 Å². The number of rotatable bonds is 4. The molecule has 5 rings (SSSR count). The average molecular weight is 529 g/mol. The second kappa shape index (κ2) is 7.92. The highest BCUT2D eigenvalue weighted by Crippen LogP contribution is 2.44. The number of aliphatic hydroxyl groups is 1. The van der Waals surface area contributed by atoms with Gasteiger partial charge in [-0.25, -0.2) is 0 Å². The number of anilines is 1. The Labute approximate surface area is 200 Å². The van der Waals surface area contributed by atoms with Crippen molar-refractivity contribution in [1.29, 1.82) is 0 Å². The highest BCUT2D eigenvalue weighted by molar-refractivity contribution is 9.10. The number of Topliss-reactive ketones (excluding diaryl/α,β-unsaturated/α-hetero) is 1. The number of ketones is 1. The number of amides is 1. The van der Waals surface area contributed by atoms with Gasteiger partial charge in [-0.2, -0.15) is 0 Å². The van der Waals surface area contributed by atoms with Crippen molar-refractivity contribution in [3.05, 3.63) is 97.0 Å². The van der Waals surface area contributed by atoms with E-state index in [0.29, 0.717) is 16.3 Å². The zero-order valence-electron chi connectivity index (χ0n) is 16.6. The number of furan rings is 1. The normalized spacial score (nSPS) is 16.4. The van der Waals surface area contributed by atoms with Gasteiger partial charge in [-0.05, 0) is 66.4 Å². The lowest BCUT2D eigenvalue weighted by Crippen LogP contribution is -2.31. The monoisotopic (exact) mass is 527 g/mol. The molecule has 160 valence electrons. The number of aliphatic hydroxyl groups excluding tert-OH is 1. The summed E-state index contributed by atoms with van der Waals surface area (Å²) in [7, 11) is 0. The predicted octanol–water partition coefficient (Wildman–Crippen LogP) is 7.00. The van der Waals surface area contributed by atoms with Gasteiger partial charge in [0, 0.05) is 25.4 Å². The number of carbonyl (C=O) groups excluding carboxylic acids is 2. The second-order valence-corrected chi connectivity index (χ2v) is 9.74. The van der Waals surface area contributed by atoms with Gasteiger partial charge in [0.25, 0.3) is 5.91 Å². The molecular formula is C24H15BrClNO4S. The van der Waals surface area contributed by atoms with Crippen molar-refractivity contribution in [2.75, 3.05) is 4.90 Å². The fourth-order valence-corrected chi connectivity index (χ4v) is 5.38. The van der Waals surface area contributed by atoms with E-state index in [1.54, 1.807) is 30.3 Å². The lowest BCUT2D eigenvalue weighted by atomic mass is 9.99. The highest BCUT2D eigenvalue weighted by atomic mass is 79.9. The number of hydrogen-bond donors (Lipinski definition) is 1. The van der Waals surface area contributed by atoms with E-state index in [4.69, 9.17) is 16.0 Å². The Morgan fingerprint density at radius 3 is 2.72 bits per heavy atom. The molecule has 1 unspecified atom stereocenters. The van der Waals surface area contributed by atoms with Crippen LogP contribution in [0.4, 0.5) is 5.69 Å². The van der Waals surface area contributed by atoms with Gasteiger partial charge in [-0.1, -0.05) is 33.6 Å². The molecule has 1 aliphatic rings. The molecule has 2 aromatic heterocycles. The number of hydrogen-bond acceptors (Lipinski definition) is 5. The number of fused-ring (bicyclic) bond motifs is 1. The maximum atomic E-state index is 13.6. The smallest absolute Gasteiger partial charge is 0.294 e. The Hall–Kier alpha value is -2.87. The first-order chi connectivity index (χ1) is 15.3. The molecule has 0 spiro atoms. The number of nitrogens with zero attached hydrogens (tertiary/aromatic N) is 1. The number of aryl methyl sites for hydroxylation is 1. The van der Waals surface area contributed by atoms with Crippen LogP contribution in [0.2, 0.25) is 5.02 Å². The van der Waals surface area contributed by atoms with E-state index in [1.807, 2.05) is 36.6 Å². The topological polar surface area (TPSA) is 70.8 Å². The van der Waals surface area contributed by atoms with Gasteiger partial charge in [-0.3, -0.25) is 14.5 Å². The standard InChI is InChI=1S/C24H15BrClNO4S/c1-12-9-15(26)5-6-16(12)27-21(19-3-2-8-32-19)20(23(29)24(27)30)22(28)18-11-13-10-14(25)4-7-17(13)31-18/h2-11,21,29H,1H3. The zero-order valence-corrected chi connectivity index (χ0v) is 19.8. The summed E-state index contributed by atoms with van der Waals surface area (Å²) in [5.41, 5.74) is 1.85. The summed E-state index contributed by atoms with van der Waals surface area (Å²) in [4.78, 5) is 29.0. The Morgan fingerprint density at radius 1 is 1.19 bits per heavy atom. The molecule has 1 atom stereocenters. The lowest BCUT2D eigenvalue weighted by Gasteiger charge is -2.27. The average Bonchev–Trinajstić information content (AvgIpc) is 3.47. The number of carbonyl (C=O) groups is 2. The van der Waals surface area contributed by atoms with Crippen molar-refractivity contribution in [2.45, 2.75) is 13.0 Å². The Morgan fingerprint density at radius 2 is 2.00 bits per heavy atom. The second-order valence-electron chi connectivity index (χ2n) is 7.41. The van der Waals surface area contributed by atoms with Gasteiger partial charge in [0.2, 0.25) is 5.78 Å². The van der Waals surface area contributed by atoms with E-state index in [-0.39, 0.29) is 11.3 Å². The molecule has 4 aromatic rings. The first-order valence-corrected chi connectivity index (χ1v) is 11.7. The molecule has 0 radical (unpaired) electrons. The summed E-state index contributed by atoms with van der Waals surface area (Å²) in [6, 6.07) is 15.1. The molecule has 0 fully saturated rings. The molecular weight excluding hydrogens is 514 g/mol. The third-order valence-corrected chi connectivity index (χ3v) is 7.04. The number of benzene rings is 2. The summed E-state index contributed by atoms with van der Waals surface area (Å²) in [6.07, 6.45) is 0. The van der Waals surface area contributed by atoms with Gasteiger partial charge in [0.15, 0.2) is 11.5 Å². The van der Waals surface area contributed by atoms with E-state index in [9.17, 15) is 14.7 Å². The van der Waals surface area contributed by atoms with E-state index in [0.717, 1.165) is 20.3 Å². The molecule has 1 N–H and O–H groups in total. The van der Waals surface area contributed by atoms with Crippen LogP contribution < -0.4 is 4.90 Å². The Kier molecular flexibility index (Phi) is 5.20. The van der Waals surface area contributed by atoms with E-state index in [2.05, 4.69) is 15.9 Å². The van der Waals surface area contributed by atoms with Gasteiger partial charge < -0.3 is 9.52 Å². The van der Waals surface area contributed by atoms with Crippen LogP contribution in [-0.4, -0.2) is 16.8 Å². The van der Waals surface area contributed by atoms with Crippen LogP contribution in [-0.2, 0) is 4.79 Å². The SMILES string of the molecule is Cc1cc(Cl)ccc1N1C(=O)C(O)=C(C(=O)c2cc3cc(Br)ccc3o2)C1c1cccs1. The Balaban J connectivity index is 1.65. The lowest BCUT2D eigenvalue weighted by molar-refractivity contribution is -0.117. The van der Waals surface area contributed by atoms with E-state index < -0.39 is 23.5 Å². The first-order valence-electron chi connectivity index (χ1n) is 9.65. The fourth-order valence-electron chi connectivity index (χ4n) is 3.95. The minimum absolute atomic E-state index is 0.00933. The molecule has 0 aliphatic carbocycles. The van der Waals surface area contributed by atoms with Crippen LogP contribution in [0.25, 0.3) is 11.0 Å². The quantitative estimate of drug-likeness (QED) is 0.289. The number of thiophene rings is 1. The molecule has 32 heavy (non-hydrogen) atoms. The molecule has 8 heteroatoms. The number of halogens is 2. The van der Waals surface area contributed by atoms with Crippen molar-refractivity contribution in [1.82, 2.24) is 0 Å². The summed E-state index contributed by atoms with van der Waals surface area (Å²) in [5.74, 6) is -1.69. The van der Waals surface area contributed by atoms with Crippen LogP contribution in [0.1, 0.15) is 27.0 Å². The molecule has 0 bridgehead atoms. The van der Waals surface area contributed by atoms with Crippen molar-refractivity contribution >= 4 is 67.2 Å². The summed E-state index contributed by atoms with van der Waals surface area (Å²) in [6.45, 7) is 1.83. The first kappa shape index (κ1) is 21.0. The van der Waals surface area contributed by atoms with E-state index >= 15 is 0 Å². The molecule has 0 saturated carbocycles. The van der Waals surface area contributed by atoms with Gasteiger partial charge in [-0.15, -0.1) is 11.3 Å². The molecule has 3 heterocycles. The zero-order chi connectivity index (χ0) is 22.6. The largest absolute Gasteiger partial charge is 0.503 e. The van der Waals surface area contributed by atoms with Crippen LogP contribution in [0.3, 0.4) is 0 Å². The summed E-state index contributed by atoms with van der Waals surface area (Å²) >= 11 is 10.9. The molecule has 1 aliphatic heterocycles. The van der Waals surface area contributed by atoms with Crippen LogP contribution in [0.5, 0.6) is 0 Å². The fraction of sp³-hybridized carbons (Fsp3) is 0.0833. The summed E-state index contributed by atoms with van der Waals surface area (Å²) in [5, 5.41) is 14.0. The molecule has 2 aromatic carbocycles. The Bertz CT molecular complexity index is 1420. The summed E-state index contributed by atoms with van der Waals surface area (Å²) < 4.78 is 6.62. The van der Waals surface area contributed by atoms with Gasteiger partial charge >= 0.3 is 0 Å². The molecule has 0 saturated heterocycles. The van der Waals surface area contributed by atoms with E-state index in [1.165, 1.54) is 16.2 Å². The third-order valence-electron chi connectivity index (χ3n) is 5.39. The molecule has 5 nitrogen and oxygen atoms in total. The highest BCUT2D eigenvalue weighted by Gasteiger charge is 2.46. The van der Waals surface area contributed by atoms with Gasteiger partial charge in [0.05, 0.1) is 5.57 Å². The van der Waals surface area contributed by atoms with Crippen molar-refractivity contribution < 1.29 is 19.1 Å². The van der Waals surface area contributed by atoms with Gasteiger partial charge in [0.1, 0.15) is 11.6 Å². The minimum atomic E-state index is -0.783. The van der Waals surface area contributed by atoms with Crippen LogP contribution >= 0.6 is 38.9 Å². The van der Waals surface area contributed by atoms with Crippen molar-refractivity contribution in [3.63, 3.8) is 0 Å². The van der Waals surface area contributed by atoms with Crippen molar-refractivity contribution in [3.8, 4) is 0 Å². The predicted molar refractivity (Wildman–Crippen MR) is 129 cm³/mol. The maximum absolute atomic E-state index is 13.6. The minimum Gasteiger partial charge on any atom is -0.503 e. The van der Waals surface area contributed by atoms with Crippen LogP contribution in [0, 0.1) is 6.92 Å². The molecule has 1 amide bonds.